The van der Waals surface area contributed by atoms with Gasteiger partial charge in [0.05, 0.1) is 19.7 Å². The summed E-state index contributed by atoms with van der Waals surface area (Å²) in [5.41, 5.74) is 0.718. The SMILES string of the molecule is O=C(Nc1nc2c(Cl)ccc(Cl)c2s1)c1ccc([N+](=O)[O-])cc1. The molecule has 1 heterocycles. The predicted octanol–water partition coefficient (Wildman–Crippen LogP) is 4.76. The van der Waals surface area contributed by atoms with Gasteiger partial charge in [-0.15, -0.1) is 0 Å². The van der Waals surface area contributed by atoms with Crippen LogP contribution < -0.4 is 5.32 Å². The van der Waals surface area contributed by atoms with Gasteiger partial charge >= 0.3 is 0 Å². The number of benzene rings is 2. The summed E-state index contributed by atoms with van der Waals surface area (Å²) in [7, 11) is 0. The zero-order valence-corrected chi connectivity index (χ0v) is 13.6. The molecule has 0 fully saturated rings. The minimum absolute atomic E-state index is 0.0832. The van der Waals surface area contributed by atoms with E-state index in [0.29, 0.717) is 25.4 Å². The summed E-state index contributed by atoms with van der Waals surface area (Å²) in [5, 5.41) is 14.5. The molecule has 0 atom stereocenters. The highest BCUT2D eigenvalue weighted by molar-refractivity contribution is 7.23. The van der Waals surface area contributed by atoms with Crippen LogP contribution in [-0.2, 0) is 0 Å². The van der Waals surface area contributed by atoms with Crippen LogP contribution in [0.5, 0.6) is 0 Å². The molecule has 1 amide bonds. The van der Waals surface area contributed by atoms with Crippen molar-refractivity contribution in [2.75, 3.05) is 5.32 Å². The van der Waals surface area contributed by atoms with Crippen molar-refractivity contribution in [2.24, 2.45) is 0 Å². The Bertz CT molecular complexity index is 886. The molecule has 1 N–H and O–H groups in total. The van der Waals surface area contributed by atoms with Crippen LogP contribution in [0.25, 0.3) is 10.2 Å². The summed E-state index contributed by atoms with van der Waals surface area (Å²) in [5.74, 6) is -0.425. The van der Waals surface area contributed by atoms with Crippen LogP contribution in [0.2, 0.25) is 10.0 Å². The molecular formula is C14H7Cl2N3O3S. The molecular weight excluding hydrogens is 361 g/mol. The van der Waals surface area contributed by atoms with Crippen LogP contribution in [-0.4, -0.2) is 15.8 Å². The summed E-state index contributed by atoms with van der Waals surface area (Å²) in [4.78, 5) is 26.5. The van der Waals surface area contributed by atoms with Gasteiger partial charge in [0.15, 0.2) is 5.13 Å². The highest BCUT2D eigenvalue weighted by Gasteiger charge is 2.14. The van der Waals surface area contributed by atoms with Gasteiger partial charge in [-0.1, -0.05) is 34.5 Å². The van der Waals surface area contributed by atoms with E-state index in [9.17, 15) is 14.9 Å². The van der Waals surface area contributed by atoms with Gasteiger partial charge < -0.3 is 0 Å². The molecule has 0 aliphatic rings. The first-order valence-electron chi connectivity index (χ1n) is 6.26. The Kier molecular flexibility index (Phi) is 4.16. The Hall–Kier alpha value is -2.22. The lowest BCUT2D eigenvalue weighted by Crippen LogP contribution is -2.11. The molecule has 23 heavy (non-hydrogen) atoms. The van der Waals surface area contributed by atoms with Crippen LogP contribution in [0.4, 0.5) is 10.8 Å². The highest BCUT2D eigenvalue weighted by Crippen LogP contribution is 2.36. The number of carbonyl (C=O) groups is 1. The van der Waals surface area contributed by atoms with Crippen LogP contribution in [0.3, 0.4) is 0 Å². The van der Waals surface area contributed by atoms with Gasteiger partial charge in [0.2, 0.25) is 0 Å². The molecule has 0 aliphatic heterocycles. The molecule has 2 aromatic carbocycles. The third-order valence-electron chi connectivity index (χ3n) is 3.01. The fourth-order valence-corrected chi connectivity index (χ4v) is 3.32. The molecule has 9 heteroatoms. The number of fused-ring (bicyclic) bond motifs is 1. The topological polar surface area (TPSA) is 85.1 Å². The van der Waals surface area contributed by atoms with Gasteiger partial charge in [-0.2, -0.15) is 0 Å². The summed E-state index contributed by atoms with van der Waals surface area (Å²) in [6.07, 6.45) is 0. The van der Waals surface area contributed by atoms with E-state index in [1.54, 1.807) is 12.1 Å². The van der Waals surface area contributed by atoms with Crippen molar-refractivity contribution in [1.82, 2.24) is 4.98 Å². The van der Waals surface area contributed by atoms with Gasteiger partial charge in [-0.3, -0.25) is 20.2 Å². The van der Waals surface area contributed by atoms with E-state index in [1.807, 2.05) is 0 Å². The lowest BCUT2D eigenvalue weighted by Gasteiger charge is -2.00. The maximum atomic E-state index is 12.2. The monoisotopic (exact) mass is 367 g/mol. The Morgan fingerprint density at radius 2 is 1.78 bits per heavy atom. The number of halogens is 2. The van der Waals surface area contributed by atoms with Crippen molar-refractivity contribution >= 4 is 61.5 Å². The van der Waals surface area contributed by atoms with Crippen LogP contribution in [0, 0.1) is 10.1 Å². The fraction of sp³-hybridized carbons (Fsp3) is 0. The molecule has 0 saturated carbocycles. The number of non-ortho nitro benzene ring substituents is 1. The molecule has 3 aromatic rings. The molecule has 6 nitrogen and oxygen atoms in total. The average molecular weight is 368 g/mol. The number of nitrogens with one attached hydrogen (secondary N) is 1. The number of carbonyl (C=O) groups excluding carboxylic acids is 1. The van der Waals surface area contributed by atoms with E-state index < -0.39 is 10.8 Å². The van der Waals surface area contributed by atoms with Gasteiger partial charge in [0, 0.05) is 17.7 Å². The molecule has 0 aliphatic carbocycles. The molecule has 0 radical (unpaired) electrons. The van der Waals surface area contributed by atoms with E-state index in [-0.39, 0.29) is 11.3 Å². The summed E-state index contributed by atoms with van der Waals surface area (Å²) in [6.45, 7) is 0. The van der Waals surface area contributed by atoms with Crippen molar-refractivity contribution in [2.45, 2.75) is 0 Å². The molecule has 3 rings (SSSR count). The second-order valence-corrected chi connectivity index (χ2v) is 6.30. The number of hydrogen-bond acceptors (Lipinski definition) is 5. The number of amides is 1. The second-order valence-electron chi connectivity index (χ2n) is 4.48. The third kappa shape index (κ3) is 3.12. The molecule has 0 bridgehead atoms. The van der Waals surface area contributed by atoms with Crippen molar-refractivity contribution in [3.8, 4) is 0 Å². The van der Waals surface area contributed by atoms with E-state index in [1.165, 1.54) is 35.6 Å². The lowest BCUT2D eigenvalue weighted by molar-refractivity contribution is -0.384. The largest absolute Gasteiger partial charge is 0.298 e. The highest BCUT2D eigenvalue weighted by atomic mass is 35.5. The number of nitro benzene ring substituents is 1. The quantitative estimate of drug-likeness (QED) is 0.533. The Morgan fingerprint density at radius 1 is 1.13 bits per heavy atom. The smallest absolute Gasteiger partial charge is 0.269 e. The number of anilines is 1. The minimum atomic E-state index is -0.529. The van der Waals surface area contributed by atoms with E-state index >= 15 is 0 Å². The second kappa shape index (κ2) is 6.11. The van der Waals surface area contributed by atoms with Crippen molar-refractivity contribution in [3.05, 3.63) is 62.1 Å². The van der Waals surface area contributed by atoms with E-state index in [0.717, 1.165) is 0 Å². The lowest BCUT2D eigenvalue weighted by atomic mass is 10.2. The summed E-state index contributed by atoms with van der Waals surface area (Å²) >= 11 is 13.3. The third-order valence-corrected chi connectivity index (χ3v) is 4.74. The first-order valence-corrected chi connectivity index (χ1v) is 7.83. The van der Waals surface area contributed by atoms with Gasteiger partial charge in [-0.25, -0.2) is 4.98 Å². The zero-order valence-electron chi connectivity index (χ0n) is 11.2. The Balaban J connectivity index is 1.86. The van der Waals surface area contributed by atoms with Crippen LogP contribution >= 0.6 is 34.5 Å². The average Bonchev–Trinajstić information content (AvgIpc) is 2.96. The zero-order chi connectivity index (χ0) is 16.6. The first-order chi connectivity index (χ1) is 11.0. The van der Waals surface area contributed by atoms with Crippen LogP contribution in [0.1, 0.15) is 10.4 Å². The van der Waals surface area contributed by atoms with Crippen molar-refractivity contribution in [3.63, 3.8) is 0 Å². The van der Waals surface area contributed by atoms with Crippen molar-refractivity contribution in [1.29, 1.82) is 0 Å². The maximum absolute atomic E-state index is 12.2. The maximum Gasteiger partial charge on any atom is 0.269 e. The molecule has 116 valence electrons. The molecule has 1 aromatic heterocycles. The Labute approximate surface area is 143 Å². The van der Waals surface area contributed by atoms with Crippen LogP contribution in [0.15, 0.2) is 36.4 Å². The minimum Gasteiger partial charge on any atom is -0.298 e. The number of nitrogens with zero attached hydrogens (tertiary/aromatic N) is 2. The Morgan fingerprint density at radius 3 is 2.39 bits per heavy atom. The predicted molar refractivity (Wildman–Crippen MR) is 90.7 cm³/mol. The number of hydrogen-bond donors (Lipinski definition) is 1. The fourth-order valence-electron chi connectivity index (χ4n) is 1.90. The molecule has 0 spiro atoms. The molecule has 0 unspecified atom stereocenters. The van der Waals surface area contributed by atoms with Crippen molar-refractivity contribution < 1.29 is 9.72 Å². The number of rotatable bonds is 3. The number of thiazole rings is 1. The number of nitro groups is 1. The van der Waals surface area contributed by atoms with Gasteiger partial charge in [0.1, 0.15) is 5.52 Å². The number of aromatic nitrogens is 1. The standard InChI is InChI=1S/C14H7Cl2N3O3S/c15-9-5-6-10(16)12-11(9)17-14(23-12)18-13(20)7-1-3-8(4-2-7)19(21)22/h1-6H,(H,17,18,20). The normalized spacial score (nSPS) is 10.7. The summed E-state index contributed by atoms with van der Waals surface area (Å²) in [6, 6.07) is 8.57. The molecule has 0 saturated heterocycles. The van der Waals surface area contributed by atoms with E-state index in [4.69, 9.17) is 23.2 Å². The van der Waals surface area contributed by atoms with E-state index in [2.05, 4.69) is 10.3 Å². The first kappa shape index (κ1) is 15.7. The van der Waals surface area contributed by atoms with Gasteiger partial charge in [-0.05, 0) is 24.3 Å². The summed E-state index contributed by atoms with van der Waals surface area (Å²) < 4.78 is 0.679. The van der Waals surface area contributed by atoms with Gasteiger partial charge in [0.25, 0.3) is 11.6 Å².